The van der Waals surface area contributed by atoms with E-state index in [0.29, 0.717) is 19.4 Å². The molecule has 0 bridgehead atoms. The zero-order valence-corrected chi connectivity index (χ0v) is 9.14. The van der Waals surface area contributed by atoms with Crippen molar-refractivity contribution in [3.8, 4) is 0 Å². The Labute approximate surface area is 89.6 Å². The van der Waals surface area contributed by atoms with Crippen molar-refractivity contribution in [2.45, 2.75) is 19.8 Å². The molecular weight excluding hydrogens is 194 g/mol. The summed E-state index contributed by atoms with van der Waals surface area (Å²) in [4.78, 5) is 24.4. The Balaban J connectivity index is 2.77. The molecule has 0 aromatic rings. The monoisotopic (exact) mass is 211 g/mol. The molecule has 1 aliphatic rings. The van der Waals surface area contributed by atoms with E-state index < -0.39 is 17.8 Å². The van der Waals surface area contributed by atoms with Gasteiger partial charge in [-0.3, -0.25) is 9.59 Å². The molecule has 0 heterocycles. The molecule has 0 aromatic carbocycles. The first-order valence-corrected chi connectivity index (χ1v) is 5.20. The number of carbonyl (C=O) groups excluding carboxylic acids is 1. The molecule has 0 spiro atoms. The summed E-state index contributed by atoms with van der Waals surface area (Å²) in [6.45, 7) is 2.50. The van der Waals surface area contributed by atoms with Crippen LogP contribution in [-0.2, 0) is 9.59 Å². The molecule has 0 saturated heterocycles. The van der Waals surface area contributed by atoms with Gasteiger partial charge in [-0.25, -0.2) is 0 Å². The predicted octanol–water partition coefficient (Wildman–Crippen LogP) is 1.13. The summed E-state index contributed by atoms with van der Waals surface area (Å²) in [6, 6.07) is 0. The molecule has 1 N–H and O–H groups in total. The number of allylic oxidation sites excluding steroid dienone is 2. The standard InChI is InChI=1S/C11H17NO3/c1-3-12(2)10(13)8-6-4-5-7-9(8)11(14)15/h4-5,8-9H,3,6-7H2,1-2H3,(H,14,15). The van der Waals surface area contributed by atoms with Crippen LogP contribution in [0, 0.1) is 11.8 Å². The summed E-state index contributed by atoms with van der Waals surface area (Å²) in [5, 5.41) is 9.01. The first-order chi connectivity index (χ1) is 7.07. The molecule has 2 atom stereocenters. The zero-order valence-electron chi connectivity index (χ0n) is 9.14. The summed E-state index contributed by atoms with van der Waals surface area (Å²) in [6.07, 6.45) is 4.74. The highest BCUT2D eigenvalue weighted by atomic mass is 16.4. The fourth-order valence-electron chi connectivity index (χ4n) is 1.80. The second-order valence-electron chi connectivity index (χ2n) is 3.85. The molecule has 84 valence electrons. The molecule has 4 nitrogen and oxygen atoms in total. The lowest BCUT2D eigenvalue weighted by atomic mass is 9.82. The number of carboxylic acids is 1. The van der Waals surface area contributed by atoms with Crippen LogP contribution in [0.2, 0.25) is 0 Å². The van der Waals surface area contributed by atoms with Crippen LogP contribution in [0.3, 0.4) is 0 Å². The Kier molecular flexibility index (Phi) is 3.88. The molecule has 15 heavy (non-hydrogen) atoms. The lowest BCUT2D eigenvalue weighted by Crippen LogP contribution is -2.39. The van der Waals surface area contributed by atoms with Crippen LogP contribution in [0.15, 0.2) is 12.2 Å². The largest absolute Gasteiger partial charge is 0.481 e. The van der Waals surface area contributed by atoms with Gasteiger partial charge in [0.1, 0.15) is 0 Å². The van der Waals surface area contributed by atoms with Gasteiger partial charge >= 0.3 is 5.97 Å². The van der Waals surface area contributed by atoms with E-state index in [2.05, 4.69) is 0 Å². The number of carboxylic acid groups (broad SMARTS) is 1. The first kappa shape index (κ1) is 11.8. The third-order valence-corrected chi connectivity index (χ3v) is 2.92. The molecular formula is C11H17NO3. The van der Waals surface area contributed by atoms with Crippen LogP contribution in [0.25, 0.3) is 0 Å². The highest BCUT2D eigenvalue weighted by Crippen LogP contribution is 2.27. The summed E-state index contributed by atoms with van der Waals surface area (Å²) >= 11 is 0. The third kappa shape index (κ3) is 2.58. The lowest BCUT2D eigenvalue weighted by molar-refractivity contribution is -0.150. The minimum absolute atomic E-state index is 0.0609. The lowest BCUT2D eigenvalue weighted by Gasteiger charge is -2.28. The zero-order chi connectivity index (χ0) is 11.4. The van der Waals surface area contributed by atoms with Crippen molar-refractivity contribution in [1.82, 2.24) is 4.90 Å². The van der Waals surface area contributed by atoms with E-state index in [1.807, 2.05) is 19.1 Å². The van der Waals surface area contributed by atoms with Crippen molar-refractivity contribution < 1.29 is 14.7 Å². The fourth-order valence-corrected chi connectivity index (χ4v) is 1.80. The number of amides is 1. The first-order valence-electron chi connectivity index (χ1n) is 5.20. The van der Waals surface area contributed by atoms with Gasteiger partial charge in [0, 0.05) is 13.6 Å². The maximum atomic E-state index is 11.9. The number of nitrogens with zero attached hydrogens (tertiary/aromatic N) is 1. The van der Waals surface area contributed by atoms with Gasteiger partial charge < -0.3 is 10.0 Å². The van der Waals surface area contributed by atoms with Gasteiger partial charge in [-0.2, -0.15) is 0 Å². The average Bonchev–Trinajstić information content (AvgIpc) is 2.27. The van der Waals surface area contributed by atoms with Crippen LogP contribution >= 0.6 is 0 Å². The Morgan fingerprint density at radius 3 is 2.33 bits per heavy atom. The number of carbonyl (C=O) groups is 2. The Hall–Kier alpha value is -1.32. The maximum absolute atomic E-state index is 11.9. The smallest absolute Gasteiger partial charge is 0.307 e. The number of hydrogen-bond acceptors (Lipinski definition) is 2. The van der Waals surface area contributed by atoms with Crippen molar-refractivity contribution in [1.29, 1.82) is 0 Å². The minimum atomic E-state index is -0.873. The quantitative estimate of drug-likeness (QED) is 0.712. The topological polar surface area (TPSA) is 57.6 Å². The van der Waals surface area contributed by atoms with E-state index in [4.69, 9.17) is 5.11 Å². The van der Waals surface area contributed by atoms with E-state index >= 15 is 0 Å². The maximum Gasteiger partial charge on any atom is 0.307 e. The summed E-state index contributed by atoms with van der Waals surface area (Å²) in [5.74, 6) is -1.88. The molecule has 4 heteroatoms. The molecule has 0 saturated carbocycles. The van der Waals surface area contributed by atoms with Gasteiger partial charge in [-0.1, -0.05) is 12.2 Å². The van der Waals surface area contributed by atoms with Crippen LogP contribution in [-0.4, -0.2) is 35.5 Å². The molecule has 0 fully saturated rings. The second kappa shape index (κ2) is 4.96. The van der Waals surface area contributed by atoms with Crippen LogP contribution in [0.1, 0.15) is 19.8 Å². The van der Waals surface area contributed by atoms with Crippen LogP contribution in [0.5, 0.6) is 0 Å². The third-order valence-electron chi connectivity index (χ3n) is 2.92. The molecule has 1 aliphatic carbocycles. The summed E-state index contributed by atoms with van der Waals surface area (Å²) in [7, 11) is 1.71. The SMILES string of the molecule is CCN(C)C(=O)C1CC=CCC1C(=O)O. The molecule has 2 unspecified atom stereocenters. The van der Waals surface area contributed by atoms with Gasteiger partial charge in [-0.05, 0) is 19.8 Å². The van der Waals surface area contributed by atoms with Gasteiger partial charge in [0.15, 0.2) is 0 Å². The second-order valence-corrected chi connectivity index (χ2v) is 3.85. The predicted molar refractivity (Wildman–Crippen MR) is 56.3 cm³/mol. The van der Waals surface area contributed by atoms with Crippen molar-refractivity contribution in [2.75, 3.05) is 13.6 Å². The highest BCUT2D eigenvalue weighted by Gasteiger charge is 2.34. The van der Waals surface area contributed by atoms with Crippen LogP contribution in [0.4, 0.5) is 0 Å². The Morgan fingerprint density at radius 1 is 1.33 bits per heavy atom. The van der Waals surface area contributed by atoms with Crippen molar-refractivity contribution in [2.24, 2.45) is 11.8 Å². The summed E-state index contributed by atoms with van der Waals surface area (Å²) < 4.78 is 0. The number of hydrogen-bond donors (Lipinski definition) is 1. The molecule has 1 amide bonds. The summed E-state index contributed by atoms with van der Waals surface area (Å²) in [5.41, 5.74) is 0. The van der Waals surface area contributed by atoms with Crippen molar-refractivity contribution in [3.63, 3.8) is 0 Å². The van der Waals surface area contributed by atoms with Gasteiger partial charge in [0.05, 0.1) is 11.8 Å². The number of rotatable bonds is 3. The average molecular weight is 211 g/mol. The van der Waals surface area contributed by atoms with E-state index in [1.54, 1.807) is 11.9 Å². The highest BCUT2D eigenvalue weighted by molar-refractivity contribution is 5.85. The normalized spacial score (nSPS) is 24.9. The van der Waals surface area contributed by atoms with E-state index in [0.717, 1.165) is 0 Å². The fraction of sp³-hybridized carbons (Fsp3) is 0.636. The molecule has 1 rings (SSSR count). The van der Waals surface area contributed by atoms with Crippen molar-refractivity contribution in [3.05, 3.63) is 12.2 Å². The van der Waals surface area contributed by atoms with Gasteiger partial charge in [0.2, 0.25) is 5.91 Å². The van der Waals surface area contributed by atoms with E-state index in [-0.39, 0.29) is 5.91 Å². The number of aliphatic carboxylic acids is 1. The van der Waals surface area contributed by atoms with E-state index in [9.17, 15) is 9.59 Å². The van der Waals surface area contributed by atoms with Gasteiger partial charge in [-0.15, -0.1) is 0 Å². The Morgan fingerprint density at radius 2 is 1.87 bits per heavy atom. The van der Waals surface area contributed by atoms with Gasteiger partial charge in [0.25, 0.3) is 0 Å². The van der Waals surface area contributed by atoms with Crippen molar-refractivity contribution >= 4 is 11.9 Å². The van der Waals surface area contributed by atoms with Crippen LogP contribution < -0.4 is 0 Å². The molecule has 0 aliphatic heterocycles. The Bertz CT molecular complexity index is 286. The molecule has 0 aromatic heterocycles. The van der Waals surface area contributed by atoms with E-state index in [1.165, 1.54) is 0 Å². The molecule has 0 radical (unpaired) electrons. The minimum Gasteiger partial charge on any atom is -0.481 e.